The molecule has 0 radical (unpaired) electrons. The van der Waals surface area contributed by atoms with E-state index in [1.807, 2.05) is 36.4 Å². The Balaban J connectivity index is 2.27. The first kappa shape index (κ1) is 21.6. The molecule has 0 atom stereocenters. The highest BCUT2D eigenvalue weighted by Gasteiger charge is 2.26. The maximum absolute atomic E-state index is 12.0. The molecule has 156 valence electrons. The lowest BCUT2D eigenvalue weighted by Crippen LogP contribution is -2.17. The molecule has 3 heteroatoms. The average Bonchev–Trinajstić information content (AvgIpc) is 2.67. The van der Waals surface area contributed by atoms with Crippen molar-refractivity contribution in [2.24, 2.45) is 0 Å². The van der Waals surface area contributed by atoms with Gasteiger partial charge >= 0.3 is 5.97 Å². The highest BCUT2D eigenvalue weighted by Crippen LogP contribution is 2.42. The monoisotopic (exact) mass is 402 g/mol. The molecule has 0 aromatic heterocycles. The largest absolute Gasteiger partial charge is 0.478 e. The van der Waals surface area contributed by atoms with Crippen LogP contribution in [0, 0.1) is 0 Å². The third-order valence-electron chi connectivity index (χ3n) is 5.19. The van der Waals surface area contributed by atoms with Crippen LogP contribution in [0.15, 0.2) is 66.7 Å². The van der Waals surface area contributed by atoms with Gasteiger partial charge in [0.1, 0.15) is 17.1 Å². The summed E-state index contributed by atoms with van der Waals surface area (Å²) in [6.45, 7) is 13.1. The number of aromatic carboxylic acids is 1. The molecule has 0 saturated carbocycles. The van der Waals surface area contributed by atoms with Gasteiger partial charge in [-0.2, -0.15) is 0 Å². The fourth-order valence-corrected chi connectivity index (χ4v) is 3.50. The molecule has 1 N–H and O–H groups in total. The van der Waals surface area contributed by atoms with E-state index in [-0.39, 0.29) is 16.4 Å². The van der Waals surface area contributed by atoms with Crippen LogP contribution in [-0.4, -0.2) is 11.1 Å². The fourth-order valence-electron chi connectivity index (χ4n) is 3.50. The lowest BCUT2D eigenvalue weighted by atomic mass is 9.77. The minimum Gasteiger partial charge on any atom is -0.478 e. The van der Waals surface area contributed by atoms with Gasteiger partial charge in [0.15, 0.2) is 0 Å². The number of carbonyl (C=O) groups is 1. The molecule has 0 aliphatic rings. The van der Waals surface area contributed by atoms with E-state index < -0.39 is 5.97 Å². The summed E-state index contributed by atoms with van der Waals surface area (Å²) in [5.74, 6) is -0.0346. The summed E-state index contributed by atoms with van der Waals surface area (Å²) in [4.78, 5) is 12.0. The quantitative estimate of drug-likeness (QED) is 0.493. The topological polar surface area (TPSA) is 46.5 Å². The van der Waals surface area contributed by atoms with E-state index in [0.29, 0.717) is 11.5 Å². The number of carboxylic acid groups (broad SMARTS) is 1. The maximum Gasteiger partial charge on any atom is 0.339 e. The number of para-hydroxylation sites is 2. The average molecular weight is 403 g/mol. The van der Waals surface area contributed by atoms with Crippen molar-refractivity contribution in [2.45, 2.75) is 52.4 Å². The van der Waals surface area contributed by atoms with Crippen molar-refractivity contribution in [3.05, 3.63) is 83.4 Å². The van der Waals surface area contributed by atoms with Crippen LogP contribution in [-0.2, 0) is 10.8 Å². The van der Waals surface area contributed by atoms with Crippen LogP contribution in [0.25, 0.3) is 11.1 Å². The van der Waals surface area contributed by atoms with E-state index in [2.05, 4.69) is 59.7 Å². The van der Waals surface area contributed by atoms with Gasteiger partial charge in [0.25, 0.3) is 0 Å². The van der Waals surface area contributed by atoms with E-state index >= 15 is 0 Å². The molecule has 0 heterocycles. The first-order valence-corrected chi connectivity index (χ1v) is 10.2. The molecule has 3 rings (SSSR count). The van der Waals surface area contributed by atoms with Gasteiger partial charge in [0.05, 0.1) is 0 Å². The van der Waals surface area contributed by atoms with Crippen LogP contribution in [0.2, 0.25) is 0 Å². The Bertz CT molecular complexity index is 1050. The Morgan fingerprint density at radius 2 is 1.43 bits per heavy atom. The van der Waals surface area contributed by atoms with Crippen LogP contribution in [0.1, 0.15) is 63.0 Å². The lowest BCUT2D eigenvalue weighted by molar-refractivity contribution is 0.0694. The fraction of sp³-hybridized carbons (Fsp3) is 0.296. The number of ether oxygens (including phenoxy) is 1. The molecule has 3 aromatic carbocycles. The summed E-state index contributed by atoms with van der Waals surface area (Å²) < 4.78 is 6.14. The second kappa shape index (κ2) is 7.98. The highest BCUT2D eigenvalue weighted by atomic mass is 16.5. The summed E-state index contributed by atoms with van der Waals surface area (Å²) >= 11 is 0. The molecule has 0 unspecified atom stereocenters. The normalized spacial score (nSPS) is 11.9. The predicted molar refractivity (Wildman–Crippen MR) is 123 cm³/mol. The smallest absolute Gasteiger partial charge is 0.339 e. The van der Waals surface area contributed by atoms with Crippen LogP contribution in [0.4, 0.5) is 0 Å². The van der Waals surface area contributed by atoms with Crippen molar-refractivity contribution < 1.29 is 14.6 Å². The number of rotatable bonds is 4. The van der Waals surface area contributed by atoms with Crippen molar-refractivity contribution >= 4 is 5.97 Å². The molecule has 0 amide bonds. The molecule has 0 aliphatic heterocycles. The molecule has 0 bridgehead atoms. The van der Waals surface area contributed by atoms with E-state index in [9.17, 15) is 9.90 Å². The Morgan fingerprint density at radius 3 is 2.00 bits per heavy atom. The Morgan fingerprint density at radius 1 is 0.767 bits per heavy atom. The van der Waals surface area contributed by atoms with Crippen molar-refractivity contribution in [1.82, 2.24) is 0 Å². The molecular formula is C27H30O3. The van der Waals surface area contributed by atoms with Gasteiger partial charge in [-0.25, -0.2) is 4.79 Å². The van der Waals surface area contributed by atoms with Gasteiger partial charge in [0, 0.05) is 5.56 Å². The molecule has 3 nitrogen and oxygen atoms in total. The molecule has 30 heavy (non-hydrogen) atoms. The molecule has 0 fully saturated rings. The van der Waals surface area contributed by atoms with Gasteiger partial charge < -0.3 is 9.84 Å². The summed E-state index contributed by atoms with van der Waals surface area (Å²) in [6.07, 6.45) is 0. The van der Waals surface area contributed by atoms with Crippen molar-refractivity contribution in [3.63, 3.8) is 0 Å². The minimum absolute atomic E-state index is 0.0187. The highest BCUT2D eigenvalue weighted by molar-refractivity contribution is 5.95. The second-order valence-corrected chi connectivity index (χ2v) is 9.66. The zero-order chi connectivity index (χ0) is 22.1. The molecular weight excluding hydrogens is 372 g/mol. The third-order valence-corrected chi connectivity index (χ3v) is 5.19. The Hall–Kier alpha value is -3.07. The number of hydrogen-bond donors (Lipinski definition) is 1. The van der Waals surface area contributed by atoms with Crippen LogP contribution in [0.3, 0.4) is 0 Å². The molecule has 0 aliphatic carbocycles. The molecule has 0 saturated heterocycles. The Labute approximate surface area is 179 Å². The number of carboxylic acids is 1. The van der Waals surface area contributed by atoms with Gasteiger partial charge in [-0.1, -0.05) is 90.1 Å². The summed E-state index contributed by atoms with van der Waals surface area (Å²) in [5.41, 5.74) is 4.22. The van der Waals surface area contributed by atoms with Gasteiger partial charge in [-0.15, -0.1) is 0 Å². The summed E-state index contributed by atoms with van der Waals surface area (Å²) in [6, 6.07) is 21.1. The predicted octanol–water partition coefficient (Wildman–Crippen LogP) is 7.44. The first-order chi connectivity index (χ1) is 14.0. The van der Waals surface area contributed by atoms with E-state index in [0.717, 1.165) is 16.7 Å². The van der Waals surface area contributed by atoms with E-state index in [1.54, 1.807) is 12.1 Å². The molecule has 0 spiro atoms. The summed E-state index contributed by atoms with van der Waals surface area (Å²) in [7, 11) is 0. The van der Waals surface area contributed by atoms with Crippen LogP contribution in [0.5, 0.6) is 11.5 Å². The summed E-state index contributed by atoms with van der Waals surface area (Å²) in [5, 5.41) is 9.81. The minimum atomic E-state index is -1.01. The zero-order valence-electron chi connectivity index (χ0n) is 18.6. The van der Waals surface area contributed by atoms with Crippen molar-refractivity contribution in [2.75, 3.05) is 0 Å². The van der Waals surface area contributed by atoms with E-state index in [4.69, 9.17) is 4.74 Å². The first-order valence-electron chi connectivity index (χ1n) is 10.2. The van der Waals surface area contributed by atoms with Gasteiger partial charge in [-0.3, -0.25) is 0 Å². The Kier molecular flexibility index (Phi) is 5.76. The number of hydrogen-bond acceptors (Lipinski definition) is 2. The van der Waals surface area contributed by atoms with Gasteiger partial charge in [-0.05, 0) is 45.7 Å². The second-order valence-electron chi connectivity index (χ2n) is 9.66. The zero-order valence-corrected chi connectivity index (χ0v) is 18.6. The van der Waals surface area contributed by atoms with Crippen LogP contribution >= 0.6 is 0 Å². The van der Waals surface area contributed by atoms with Crippen LogP contribution < -0.4 is 4.74 Å². The molecule has 3 aromatic rings. The number of benzene rings is 3. The van der Waals surface area contributed by atoms with E-state index in [1.165, 1.54) is 5.56 Å². The SMILES string of the molecule is CC(C)(C)c1ccc(-c2cccc(C(=O)O)c2Oc2ccccc2)c(C(C)(C)C)c1. The maximum atomic E-state index is 12.0. The van der Waals surface area contributed by atoms with Gasteiger partial charge in [0.2, 0.25) is 0 Å². The standard InChI is InChI=1S/C27H30O3/c1-26(2,3)18-15-16-20(23(17-18)27(4,5)6)21-13-10-14-22(25(28)29)24(21)30-19-11-8-7-9-12-19/h7-17H,1-6H3,(H,28,29). The van der Waals surface area contributed by atoms with Crippen molar-refractivity contribution in [1.29, 1.82) is 0 Å². The third kappa shape index (κ3) is 4.56. The van der Waals surface area contributed by atoms with Crippen molar-refractivity contribution in [3.8, 4) is 22.6 Å². The lowest BCUT2D eigenvalue weighted by Gasteiger charge is -2.28.